The van der Waals surface area contributed by atoms with E-state index in [9.17, 15) is 0 Å². The summed E-state index contributed by atoms with van der Waals surface area (Å²) in [6.45, 7) is 4.57. The van der Waals surface area contributed by atoms with E-state index in [1.807, 2.05) is 0 Å². The fourth-order valence-corrected chi connectivity index (χ4v) is 3.59. The summed E-state index contributed by atoms with van der Waals surface area (Å²) in [5.41, 5.74) is 1.58. The Balaban J connectivity index is 2.98. The van der Waals surface area contributed by atoms with Crippen LogP contribution in [0.4, 0.5) is 0 Å². The van der Waals surface area contributed by atoms with Crippen LogP contribution in [0.1, 0.15) is 32.3 Å². The molecule has 0 aliphatic rings. The van der Waals surface area contributed by atoms with E-state index in [1.165, 1.54) is 5.56 Å². The van der Waals surface area contributed by atoms with Gasteiger partial charge in [0.05, 0.1) is 0 Å². The second-order valence-electron chi connectivity index (χ2n) is 5.38. The van der Waals surface area contributed by atoms with Crippen LogP contribution in [0.2, 0.25) is 0 Å². The highest BCUT2D eigenvalue weighted by Gasteiger charge is 2.36. The molecule has 0 radical (unpaired) electrons. The summed E-state index contributed by atoms with van der Waals surface area (Å²) < 4.78 is 1.16. The third kappa shape index (κ3) is 3.80. The van der Waals surface area contributed by atoms with Crippen molar-refractivity contribution in [3.63, 3.8) is 0 Å². The Morgan fingerprint density at radius 2 is 1.89 bits per heavy atom. The summed E-state index contributed by atoms with van der Waals surface area (Å²) in [5, 5.41) is 3.54. The molecule has 0 saturated carbocycles. The van der Waals surface area contributed by atoms with Crippen LogP contribution in [0.5, 0.6) is 0 Å². The molecule has 1 aromatic rings. The Morgan fingerprint density at radius 3 is 2.32 bits per heavy atom. The predicted molar refractivity (Wildman–Crippen MR) is 87.7 cm³/mol. The van der Waals surface area contributed by atoms with Gasteiger partial charge in [0.15, 0.2) is 0 Å². The first kappa shape index (κ1) is 16.7. The molecular formula is C16H27BrN2. The van der Waals surface area contributed by atoms with Crippen molar-refractivity contribution in [3.05, 3.63) is 34.3 Å². The first-order valence-electron chi connectivity index (χ1n) is 7.09. The Kier molecular flexibility index (Phi) is 6.51. The van der Waals surface area contributed by atoms with Crippen LogP contribution in [-0.2, 0) is 6.42 Å². The molecule has 108 valence electrons. The van der Waals surface area contributed by atoms with Gasteiger partial charge in [-0.25, -0.2) is 0 Å². The van der Waals surface area contributed by atoms with Crippen molar-refractivity contribution < 1.29 is 0 Å². The van der Waals surface area contributed by atoms with Gasteiger partial charge in [0.1, 0.15) is 0 Å². The Bertz CT molecular complexity index is 386. The molecule has 0 aromatic heterocycles. The number of nitrogens with one attached hydrogen (secondary N) is 1. The van der Waals surface area contributed by atoms with Crippen LogP contribution in [0, 0.1) is 0 Å². The summed E-state index contributed by atoms with van der Waals surface area (Å²) in [6, 6.07) is 9.07. The zero-order chi connectivity index (χ0) is 14.5. The molecule has 0 aliphatic heterocycles. The van der Waals surface area contributed by atoms with E-state index in [2.05, 4.69) is 85.4 Å². The number of hydrogen-bond acceptors (Lipinski definition) is 2. The summed E-state index contributed by atoms with van der Waals surface area (Å²) in [6.07, 6.45) is 3.35. The number of rotatable bonds is 7. The van der Waals surface area contributed by atoms with Gasteiger partial charge in [0.2, 0.25) is 0 Å². The van der Waals surface area contributed by atoms with Crippen LogP contribution in [0.15, 0.2) is 28.7 Å². The third-order valence-corrected chi connectivity index (χ3v) is 4.93. The summed E-state index contributed by atoms with van der Waals surface area (Å²) >= 11 is 3.56. The van der Waals surface area contributed by atoms with Gasteiger partial charge in [-0.3, -0.25) is 0 Å². The lowest BCUT2D eigenvalue weighted by molar-refractivity contribution is 0.0917. The number of halogens is 1. The minimum absolute atomic E-state index is 0.205. The second kappa shape index (κ2) is 7.41. The van der Waals surface area contributed by atoms with Gasteiger partial charge in [-0.15, -0.1) is 0 Å². The maximum absolute atomic E-state index is 3.56. The first-order chi connectivity index (χ1) is 9.00. The van der Waals surface area contributed by atoms with E-state index in [0.29, 0.717) is 6.04 Å². The highest BCUT2D eigenvalue weighted by atomic mass is 79.9. The molecule has 1 atom stereocenters. The first-order valence-corrected chi connectivity index (χ1v) is 7.88. The van der Waals surface area contributed by atoms with Gasteiger partial charge in [-0.2, -0.15) is 0 Å². The third-order valence-electron chi connectivity index (χ3n) is 4.44. The van der Waals surface area contributed by atoms with Gasteiger partial charge in [-0.05, 0) is 58.1 Å². The molecule has 19 heavy (non-hydrogen) atoms. The van der Waals surface area contributed by atoms with E-state index in [0.717, 1.165) is 23.7 Å². The molecule has 2 nitrogen and oxygen atoms in total. The van der Waals surface area contributed by atoms with E-state index >= 15 is 0 Å². The molecule has 0 bridgehead atoms. The van der Waals surface area contributed by atoms with Gasteiger partial charge in [0.25, 0.3) is 0 Å². The maximum Gasteiger partial charge on any atom is 0.0354 e. The van der Waals surface area contributed by atoms with Crippen molar-refractivity contribution >= 4 is 15.9 Å². The average Bonchev–Trinajstić information content (AvgIpc) is 2.39. The van der Waals surface area contributed by atoms with Crippen LogP contribution in [0.3, 0.4) is 0 Å². The van der Waals surface area contributed by atoms with Crippen molar-refractivity contribution in [1.82, 2.24) is 10.2 Å². The molecule has 0 spiro atoms. The predicted octanol–water partition coefficient (Wildman–Crippen LogP) is 3.70. The van der Waals surface area contributed by atoms with E-state index in [4.69, 9.17) is 0 Å². The van der Waals surface area contributed by atoms with Crippen molar-refractivity contribution in [2.45, 2.75) is 44.7 Å². The summed E-state index contributed by atoms with van der Waals surface area (Å²) in [5.74, 6) is 0. The fraction of sp³-hybridized carbons (Fsp3) is 0.625. The molecule has 0 aliphatic carbocycles. The van der Waals surface area contributed by atoms with Crippen molar-refractivity contribution in [2.75, 3.05) is 21.1 Å². The fourth-order valence-electron chi connectivity index (χ4n) is 3.15. The standard InChI is InChI=1S/C16H27BrN2/c1-6-16(7-2,19(4)5)15(18-3)12-13-9-8-10-14(17)11-13/h8-11,15,18H,6-7,12H2,1-5H3. The lowest BCUT2D eigenvalue weighted by Crippen LogP contribution is -2.58. The summed E-state index contributed by atoms with van der Waals surface area (Å²) in [4.78, 5) is 2.38. The summed E-state index contributed by atoms with van der Waals surface area (Å²) in [7, 11) is 6.46. The molecule has 1 unspecified atom stereocenters. The maximum atomic E-state index is 3.56. The molecule has 1 rings (SSSR count). The largest absolute Gasteiger partial charge is 0.315 e. The van der Waals surface area contributed by atoms with Gasteiger partial charge in [0, 0.05) is 16.1 Å². The van der Waals surface area contributed by atoms with Crippen LogP contribution >= 0.6 is 15.9 Å². The van der Waals surface area contributed by atoms with Crippen molar-refractivity contribution in [3.8, 4) is 0 Å². The quantitative estimate of drug-likeness (QED) is 0.821. The minimum Gasteiger partial charge on any atom is -0.315 e. The average molecular weight is 327 g/mol. The lowest BCUT2D eigenvalue weighted by atomic mass is 9.80. The topological polar surface area (TPSA) is 15.3 Å². The number of benzene rings is 1. The van der Waals surface area contributed by atoms with E-state index in [-0.39, 0.29) is 5.54 Å². The molecule has 1 aromatic carbocycles. The second-order valence-corrected chi connectivity index (χ2v) is 6.30. The number of nitrogens with zero attached hydrogens (tertiary/aromatic N) is 1. The minimum atomic E-state index is 0.205. The molecule has 3 heteroatoms. The molecule has 1 N–H and O–H groups in total. The molecule has 0 saturated heterocycles. The van der Waals surface area contributed by atoms with Crippen molar-refractivity contribution in [2.24, 2.45) is 0 Å². The highest BCUT2D eigenvalue weighted by molar-refractivity contribution is 9.10. The smallest absolute Gasteiger partial charge is 0.0354 e. The normalized spacial score (nSPS) is 13.8. The van der Waals surface area contributed by atoms with Crippen LogP contribution in [-0.4, -0.2) is 37.6 Å². The molecular weight excluding hydrogens is 300 g/mol. The Hall–Kier alpha value is -0.380. The van der Waals surface area contributed by atoms with Crippen LogP contribution in [0.25, 0.3) is 0 Å². The van der Waals surface area contributed by atoms with E-state index in [1.54, 1.807) is 0 Å². The van der Waals surface area contributed by atoms with Gasteiger partial charge < -0.3 is 10.2 Å². The molecule has 0 fully saturated rings. The monoisotopic (exact) mass is 326 g/mol. The Morgan fingerprint density at radius 1 is 1.26 bits per heavy atom. The SMILES string of the molecule is CCC(CC)(C(Cc1cccc(Br)c1)NC)N(C)C. The zero-order valence-corrected chi connectivity index (χ0v) is 14.4. The van der Waals surface area contributed by atoms with E-state index < -0.39 is 0 Å². The Labute approximate surface area is 126 Å². The molecule has 0 heterocycles. The van der Waals surface area contributed by atoms with Crippen molar-refractivity contribution in [1.29, 1.82) is 0 Å². The zero-order valence-electron chi connectivity index (χ0n) is 12.8. The van der Waals surface area contributed by atoms with Gasteiger partial charge in [-0.1, -0.05) is 41.9 Å². The van der Waals surface area contributed by atoms with Gasteiger partial charge >= 0.3 is 0 Å². The highest BCUT2D eigenvalue weighted by Crippen LogP contribution is 2.28. The lowest BCUT2D eigenvalue weighted by Gasteiger charge is -2.45. The van der Waals surface area contributed by atoms with Crippen LogP contribution < -0.4 is 5.32 Å². The molecule has 0 amide bonds. The number of hydrogen-bond donors (Lipinski definition) is 1. The number of likely N-dealkylation sites (N-methyl/N-ethyl adjacent to an activating group) is 2.